The van der Waals surface area contributed by atoms with Gasteiger partial charge in [-0.05, 0) is 24.0 Å². The van der Waals surface area contributed by atoms with Gasteiger partial charge >= 0.3 is 0 Å². The van der Waals surface area contributed by atoms with Crippen molar-refractivity contribution in [2.45, 2.75) is 12.3 Å². The summed E-state index contributed by atoms with van der Waals surface area (Å²) in [5.74, 6) is -0.708. The zero-order chi connectivity index (χ0) is 9.42. The smallest absolute Gasteiger partial charge is 0.221 e. The highest BCUT2D eigenvalue weighted by Gasteiger charge is 2.43. The second-order valence-electron chi connectivity index (χ2n) is 3.37. The number of primary amides is 1. The fourth-order valence-electron chi connectivity index (χ4n) is 1.63. The SMILES string of the molecule is NC(=O)[C@@H]1C[C@H]1c1ccccc1F. The highest BCUT2D eigenvalue weighted by molar-refractivity contribution is 5.81. The Kier molecular flexibility index (Phi) is 1.79. The first kappa shape index (κ1) is 8.23. The minimum Gasteiger partial charge on any atom is -0.369 e. The maximum atomic E-state index is 13.2. The van der Waals surface area contributed by atoms with Crippen molar-refractivity contribution in [3.8, 4) is 0 Å². The van der Waals surface area contributed by atoms with E-state index in [0.717, 1.165) is 0 Å². The quantitative estimate of drug-likeness (QED) is 0.732. The van der Waals surface area contributed by atoms with Crippen molar-refractivity contribution < 1.29 is 9.18 Å². The largest absolute Gasteiger partial charge is 0.369 e. The van der Waals surface area contributed by atoms with Gasteiger partial charge in [-0.1, -0.05) is 18.2 Å². The first-order valence-electron chi connectivity index (χ1n) is 4.24. The number of carbonyl (C=O) groups is 1. The lowest BCUT2D eigenvalue weighted by molar-refractivity contribution is -0.119. The van der Waals surface area contributed by atoms with E-state index < -0.39 is 0 Å². The summed E-state index contributed by atoms with van der Waals surface area (Å²) in [6, 6.07) is 6.53. The molecule has 13 heavy (non-hydrogen) atoms. The predicted molar refractivity (Wildman–Crippen MR) is 46.4 cm³/mol. The van der Waals surface area contributed by atoms with E-state index >= 15 is 0 Å². The number of amides is 1. The fraction of sp³-hybridized carbons (Fsp3) is 0.300. The van der Waals surface area contributed by atoms with E-state index in [1.165, 1.54) is 6.07 Å². The van der Waals surface area contributed by atoms with E-state index in [0.29, 0.717) is 12.0 Å². The highest BCUT2D eigenvalue weighted by atomic mass is 19.1. The molecular formula is C10H10FNO. The molecule has 1 amide bonds. The third-order valence-electron chi connectivity index (χ3n) is 2.46. The molecule has 0 unspecified atom stereocenters. The lowest BCUT2D eigenvalue weighted by Gasteiger charge is -1.99. The van der Waals surface area contributed by atoms with Crippen molar-refractivity contribution in [3.63, 3.8) is 0 Å². The van der Waals surface area contributed by atoms with Crippen LogP contribution in [0.15, 0.2) is 24.3 Å². The van der Waals surface area contributed by atoms with Crippen LogP contribution in [-0.2, 0) is 4.79 Å². The monoisotopic (exact) mass is 179 g/mol. The number of hydrogen-bond acceptors (Lipinski definition) is 1. The topological polar surface area (TPSA) is 43.1 Å². The van der Waals surface area contributed by atoms with Gasteiger partial charge in [-0.25, -0.2) is 4.39 Å². The molecule has 1 aliphatic carbocycles. The summed E-state index contributed by atoms with van der Waals surface area (Å²) in [4.78, 5) is 10.8. The van der Waals surface area contributed by atoms with Gasteiger partial charge in [0.15, 0.2) is 0 Å². The second-order valence-corrected chi connectivity index (χ2v) is 3.37. The van der Waals surface area contributed by atoms with Crippen LogP contribution in [0.25, 0.3) is 0 Å². The molecule has 68 valence electrons. The highest BCUT2D eigenvalue weighted by Crippen LogP contribution is 2.47. The summed E-state index contributed by atoms with van der Waals surface area (Å²) >= 11 is 0. The van der Waals surface area contributed by atoms with Crippen molar-refractivity contribution in [2.24, 2.45) is 11.7 Å². The van der Waals surface area contributed by atoms with Gasteiger partial charge < -0.3 is 5.73 Å². The van der Waals surface area contributed by atoms with Crippen LogP contribution in [0.5, 0.6) is 0 Å². The molecule has 0 saturated heterocycles. The van der Waals surface area contributed by atoms with Crippen LogP contribution in [0.3, 0.4) is 0 Å². The number of hydrogen-bond donors (Lipinski definition) is 1. The summed E-state index contributed by atoms with van der Waals surface area (Å²) in [5.41, 5.74) is 5.73. The molecule has 0 aliphatic heterocycles. The second kappa shape index (κ2) is 2.83. The molecule has 1 aromatic carbocycles. The van der Waals surface area contributed by atoms with Crippen LogP contribution in [0.1, 0.15) is 17.9 Å². The minimum atomic E-state index is -0.326. The summed E-state index contributed by atoms with van der Waals surface area (Å²) in [6.07, 6.45) is 0.691. The number of rotatable bonds is 2. The van der Waals surface area contributed by atoms with E-state index in [2.05, 4.69) is 0 Å². The molecular weight excluding hydrogens is 169 g/mol. The van der Waals surface area contributed by atoms with Crippen LogP contribution in [0.4, 0.5) is 4.39 Å². The summed E-state index contributed by atoms with van der Waals surface area (Å²) in [6.45, 7) is 0. The van der Waals surface area contributed by atoms with Crippen molar-refractivity contribution in [2.75, 3.05) is 0 Å². The molecule has 2 nitrogen and oxygen atoms in total. The van der Waals surface area contributed by atoms with Crippen molar-refractivity contribution in [1.82, 2.24) is 0 Å². The number of benzene rings is 1. The average Bonchev–Trinajstić information content (AvgIpc) is 2.84. The first-order valence-corrected chi connectivity index (χ1v) is 4.24. The Balaban J connectivity index is 2.21. The summed E-state index contributed by atoms with van der Waals surface area (Å²) < 4.78 is 13.2. The Bertz CT molecular complexity index is 351. The normalized spacial score (nSPS) is 25.6. The van der Waals surface area contributed by atoms with Crippen LogP contribution >= 0.6 is 0 Å². The Hall–Kier alpha value is -1.38. The fourth-order valence-corrected chi connectivity index (χ4v) is 1.63. The molecule has 0 aromatic heterocycles. The van der Waals surface area contributed by atoms with E-state index in [1.54, 1.807) is 18.2 Å². The average molecular weight is 179 g/mol. The Morgan fingerprint density at radius 2 is 2.15 bits per heavy atom. The first-order chi connectivity index (χ1) is 6.20. The lowest BCUT2D eigenvalue weighted by atomic mass is 10.1. The maximum Gasteiger partial charge on any atom is 0.221 e. The van der Waals surface area contributed by atoms with E-state index in [4.69, 9.17) is 5.73 Å². The zero-order valence-corrected chi connectivity index (χ0v) is 7.03. The van der Waals surface area contributed by atoms with Crippen molar-refractivity contribution in [3.05, 3.63) is 35.6 Å². The van der Waals surface area contributed by atoms with Crippen LogP contribution in [0.2, 0.25) is 0 Å². The van der Waals surface area contributed by atoms with Crippen LogP contribution in [-0.4, -0.2) is 5.91 Å². The molecule has 2 N–H and O–H groups in total. The molecule has 1 aromatic rings. The molecule has 1 fully saturated rings. The Morgan fingerprint density at radius 3 is 2.69 bits per heavy atom. The lowest BCUT2D eigenvalue weighted by Crippen LogP contribution is -2.13. The Labute approximate surface area is 75.6 Å². The number of carbonyl (C=O) groups excluding carboxylic acids is 1. The molecule has 0 bridgehead atoms. The maximum absolute atomic E-state index is 13.2. The van der Waals surface area contributed by atoms with Crippen molar-refractivity contribution in [1.29, 1.82) is 0 Å². The summed E-state index contributed by atoms with van der Waals surface area (Å²) in [5, 5.41) is 0. The van der Waals surface area contributed by atoms with Gasteiger partial charge in [0.05, 0.1) is 0 Å². The molecule has 2 rings (SSSR count). The third-order valence-corrected chi connectivity index (χ3v) is 2.46. The molecule has 1 saturated carbocycles. The summed E-state index contributed by atoms with van der Waals surface area (Å²) in [7, 11) is 0. The minimum absolute atomic E-state index is 0.0127. The number of halogens is 1. The standard InChI is InChI=1S/C10H10FNO/c11-9-4-2-1-3-6(9)7-5-8(7)10(12)13/h1-4,7-8H,5H2,(H2,12,13)/t7-,8+/m0/s1. The van der Waals surface area contributed by atoms with Gasteiger partial charge in [-0.15, -0.1) is 0 Å². The van der Waals surface area contributed by atoms with Gasteiger partial charge in [0, 0.05) is 5.92 Å². The van der Waals surface area contributed by atoms with E-state index in [9.17, 15) is 9.18 Å². The van der Waals surface area contributed by atoms with Gasteiger partial charge in [0.2, 0.25) is 5.91 Å². The molecule has 1 aliphatic rings. The Morgan fingerprint density at radius 1 is 1.46 bits per heavy atom. The molecule has 0 spiro atoms. The van der Waals surface area contributed by atoms with Crippen LogP contribution in [0, 0.1) is 11.7 Å². The van der Waals surface area contributed by atoms with Crippen molar-refractivity contribution >= 4 is 5.91 Å². The van der Waals surface area contributed by atoms with E-state index in [1.807, 2.05) is 0 Å². The predicted octanol–water partition coefficient (Wildman–Crippen LogP) is 1.41. The van der Waals surface area contributed by atoms with Gasteiger partial charge in [0.25, 0.3) is 0 Å². The molecule has 0 heterocycles. The van der Waals surface area contributed by atoms with Crippen LogP contribution < -0.4 is 5.73 Å². The zero-order valence-electron chi connectivity index (χ0n) is 7.03. The third kappa shape index (κ3) is 1.41. The van der Waals surface area contributed by atoms with Gasteiger partial charge in [-0.2, -0.15) is 0 Å². The number of nitrogens with two attached hydrogens (primary N) is 1. The van der Waals surface area contributed by atoms with Gasteiger partial charge in [0.1, 0.15) is 5.82 Å². The van der Waals surface area contributed by atoms with Gasteiger partial charge in [-0.3, -0.25) is 4.79 Å². The molecule has 2 atom stereocenters. The van der Waals surface area contributed by atoms with E-state index in [-0.39, 0.29) is 23.6 Å². The molecule has 0 radical (unpaired) electrons. The molecule has 3 heteroatoms.